The van der Waals surface area contributed by atoms with E-state index in [2.05, 4.69) is 91.0 Å². The van der Waals surface area contributed by atoms with E-state index in [1.54, 1.807) is 11.3 Å². The zero-order valence-corrected chi connectivity index (χ0v) is 27.4. The summed E-state index contributed by atoms with van der Waals surface area (Å²) in [4.78, 5) is 20.7. The molecule has 0 radical (unpaired) electrons. The molecule has 0 aliphatic heterocycles. The van der Waals surface area contributed by atoms with Gasteiger partial charge in [-0.25, -0.2) is 19.9 Å². The predicted molar refractivity (Wildman–Crippen MR) is 205 cm³/mol. The summed E-state index contributed by atoms with van der Waals surface area (Å²) in [5.41, 5.74) is 8.47. The standard InChI is InChI=1S/C44H26N4OS/c1-3-13-29(14-4-1)41-46-42(30-24-22-28(23-25-30)33-20-11-17-27-12-7-8-18-32(27)33)48-43(47-41)39-38-34-19-9-10-21-35(34)49-36(38)26-37-40(39)45-44(50-37)31-15-5-2-6-16-31/h1-26H. The maximum Gasteiger partial charge on any atom is 0.167 e. The Kier molecular flexibility index (Phi) is 6.60. The van der Waals surface area contributed by atoms with Crippen LogP contribution in [0.5, 0.6) is 0 Å². The number of nitrogens with zero attached hydrogens (tertiary/aromatic N) is 4. The Balaban J connectivity index is 1.21. The Morgan fingerprint density at radius 3 is 1.82 bits per heavy atom. The van der Waals surface area contributed by atoms with Crippen molar-refractivity contribution in [3.63, 3.8) is 0 Å². The van der Waals surface area contributed by atoms with Crippen molar-refractivity contribution < 1.29 is 4.42 Å². The highest BCUT2D eigenvalue weighted by Gasteiger charge is 2.23. The first kappa shape index (κ1) is 28.5. The quantitative estimate of drug-likeness (QED) is 0.184. The molecule has 10 rings (SSSR count). The van der Waals surface area contributed by atoms with Gasteiger partial charge >= 0.3 is 0 Å². The molecule has 50 heavy (non-hydrogen) atoms. The fourth-order valence-corrected chi connectivity index (χ4v) is 7.81. The molecule has 0 aliphatic rings. The molecule has 0 aliphatic carbocycles. The highest BCUT2D eigenvalue weighted by atomic mass is 32.1. The van der Waals surface area contributed by atoms with Gasteiger partial charge in [-0.1, -0.05) is 146 Å². The van der Waals surface area contributed by atoms with Crippen LogP contribution in [-0.4, -0.2) is 19.9 Å². The van der Waals surface area contributed by atoms with Crippen LogP contribution in [0.4, 0.5) is 0 Å². The average molecular weight is 659 g/mol. The van der Waals surface area contributed by atoms with Crippen LogP contribution in [0.15, 0.2) is 162 Å². The van der Waals surface area contributed by atoms with Gasteiger partial charge in [-0.3, -0.25) is 0 Å². The minimum absolute atomic E-state index is 0.555. The zero-order chi connectivity index (χ0) is 33.0. The van der Waals surface area contributed by atoms with Crippen molar-refractivity contribution in [3.8, 4) is 55.9 Å². The Morgan fingerprint density at radius 1 is 0.440 bits per heavy atom. The number of hydrogen-bond donors (Lipinski definition) is 0. The third-order valence-corrected chi connectivity index (χ3v) is 10.2. The van der Waals surface area contributed by atoms with Crippen molar-refractivity contribution in [1.29, 1.82) is 0 Å². The van der Waals surface area contributed by atoms with Crippen LogP contribution in [0.3, 0.4) is 0 Å². The van der Waals surface area contributed by atoms with Crippen molar-refractivity contribution in [2.75, 3.05) is 0 Å². The van der Waals surface area contributed by atoms with Crippen molar-refractivity contribution in [1.82, 2.24) is 19.9 Å². The SMILES string of the molecule is c1ccc(-c2nc(-c3ccc(-c4cccc5ccccc45)cc3)nc(-c3c4nc(-c5ccccc5)sc4cc4oc5ccccc5c34)n2)cc1. The zero-order valence-electron chi connectivity index (χ0n) is 26.6. The van der Waals surface area contributed by atoms with Crippen molar-refractivity contribution >= 4 is 54.3 Å². The highest BCUT2D eigenvalue weighted by molar-refractivity contribution is 7.21. The van der Waals surface area contributed by atoms with Crippen LogP contribution >= 0.6 is 11.3 Å². The summed E-state index contributed by atoms with van der Waals surface area (Å²) in [6.07, 6.45) is 0. The van der Waals surface area contributed by atoms with Crippen LogP contribution in [0.2, 0.25) is 0 Å². The Labute approximate surface area is 291 Å². The molecule has 0 saturated heterocycles. The molecule has 0 N–H and O–H groups in total. The summed E-state index contributed by atoms with van der Waals surface area (Å²) in [5, 5.41) is 5.31. The van der Waals surface area contributed by atoms with Gasteiger partial charge in [0.25, 0.3) is 0 Å². The van der Waals surface area contributed by atoms with Crippen LogP contribution in [0.25, 0.3) is 98.8 Å². The van der Waals surface area contributed by atoms with E-state index in [1.807, 2.05) is 66.7 Å². The van der Waals surface area contributed by atoms with E-state index < -0.39 is 0 Å². The van der Waals surface area contributed by atoms with E-state index in [0.29, 0.717) is 17.5 Å². The molecule has 0 saturated carbocycles. The van der Waals surface area contributed by atoms with Crippen LogP contribution in [0, 0.1) is 0 Å². The van der Waals surface area contributed by atoms with Gasteiger partial charge in [0.05, 0.1) is 15.8 Å². The first-order chi connectivity index (χ1) is 24.8. The fourth-order valence-electron chi connectivity index (χ4n) is 6.80. The number of hydrogen-bond acceptors (Lipinski definition) is 6. The van der Waals surface area contributed by atoms with E-state index >= 15 is 0 Å². The second-order valence-electron chi connectivity index (χ2n) is 12.2. The lowest BCUT2D eigenvalue weighted by Gasteiger charge is -2.11. The van der Waals surface area contributed by atoms with E-state index in [1.165, 1.54) is 16.3 Å². The van der Waals surface area contributed by atoms with Gasteiger partial charge in [0.2, 0.25) is 0 Å². The highest BCUT2D eigenvalue weighted by Crippen LogP contribution is 2.44. The maximum absolute atomic E-state index is 6.46. The lowest BCUT2D eigenvalue weighted by molar-refractivity contribution is 0.669. The first-order valence-electron chi connectivity index (χ1n) is 16.5. The van der Waals surface area contributed by atoms with E-state index in [4.69, 9.17) is 24.4 Å². The van der Waals surface area contributed by atoms with Crippen molar-refractivity contribution in [3.05, 3.63) is 158 Å². The number of thiazole rings is 1. The predicted octanol–water partition coefficient (Wildman–Crippen LogP) is 11.9. The van der Waals surface area contributed by atoms with Crippen molar-refractivity contribution in [2.24, 2.45) is 0 Å². The van der Waals surface area contributed by atoms with E-state index in [0.717, 1.165) is 65.0 Å². The summed E-state index contributed by atoms with van der Waals surface area (Å²) < 4.78 is 7.47. The van der Waals surface area contributed by atoms with Gasteiger partial charge < -0.3 is 4.42 Å². The lowest BCUT2D eigenvalue weighted by Crippen LogP contribution is -2.01. The molecule has 234 valence electrons. The molecular formula is C44H26N4OS. The molecule has 0 amide bonds. The molecule has 10 aromatic rings. The van der Waals surface area contributed by atoms with Crippen molar-refractivity contribution in [2.45, 2.75) is 0 Å². The van der Waals surface area contributed by atoms with Crippen LogP contribution in [0.1, 0.15) is 0 Å². The van der Waals surface area contributed by atoms with Gasteiger partial charge in [0.1, 0.15) is 16.2 Å². The minimum Gasteiger partial charge on any atom is -0.456 e. The molecule has 0 unspecified atom stereocenters. The molecule has 7 aromatic carbocycles. The Morgan fingerprint density at radius 2 is 1.04 bits per heavy atom. The summed E-state index contributed by atoms with van der Waals surface area (Å²) in [6, 6.07) is 54.0. The van der Waals surface area contributed by atoms with Gasteiger partial charge in [-0.2, -0.15) is 0 Å². The third kappa shape index (κ3) is 4.77. The second kappa shape index (κ2) is 11.6. The molecular weight excluding hydrogens is 633 g/mol. The maximum atomic E-state index is 6.46. The summed E-state index contributed by atoms with van der Waals surface area (Å²) in [7, 11) is 0. The normalized spacial score (nSPS) is 11.6. The van der Waals surface area contributed by atoms with Crippen LogP contribution in [-0.2, 0) is 0 Å². The second-order valence-corrected chi connectivity index (χ2v) is 13.3. The molecule has 0 bridgehead atoms. The molecule has 3 heterocycles. The largest absolute Gasteiger partial charge is 0.456 e. The number of benzene rings is 7. The molecule has 3 aromatic heterocycles. The van der Waals surface area contributed by atoms with Gasteiger partial charge in [-0.05, 0) is 28.0 Å². The van der Waals surface area contributed by atoms with E-state index in [9.17, 15) is 0 Å². The Hall–Kier alpha value is -6.50. The fraction of sp³-hybridized carbons (Fsp3) is 0. The number of fused-ring (bicyclic) bond motifs is 5. The number of rotatable bonds is 5. The molecule has 0 spiro atoms. The Bertz CT molecular complexity index is 2860. The monoisotopic (exact) mass is 658 g/mol. The average Bonchev–Trinajstić information content (AvgIpc) is 3.79. The lowest BCUT2D eigenvalue weighted by atomic mass is 9.97. The summed E-state index contributed by atoms with van der Waals surface area (Å²) in [5.74, 6) is 1.74. The molecule has 6 heteroatoms. The molecule has 0 atom stereocenters. The van der Waals surface area contributed by atoms with Gasteiger partial charge in [0, 0.05) is 33.5 Å². The van der Waals surface area contributed by atoms with Gasteiger partial charge in [-0.15, -0.1) is 11.3 Å². The third-order valence-electron chi connectivity index (χ3n) is 9.18. The first-order valence-corrected chi connectivity index (χ1v) is 17.3. The van der Waals surface area contributed by atoms with E-state index in [-0.39, 0.29) is 0 Å². The summed E-state index contributed by atoms with van der Waals surface area (Å²) in [6.45, 7) is 0. The topological polar surface area (TPSA) is 64.7 Å². The summed E-state index contributed by atoms with van der Waals surface area (Å²) >= 11 is 1.64. The molecule has 5 nitrogen and oxygen atoms in total. The number of para-hydroxylation sites is 1. The number of aromatic nitrogens is 4. The smallest absolute Gasteiger partial charge is 0.167 e. The molecule has 0 fully saturated rings. The van der Waals surface area contributed by atoms with Gasteiger partial charge in [0.15, 0.2) is 17.5 Å². The number of furan rings is 1. The van der Waals surface area contributed by atoms with Crippen LogP contribution < -0.4 is 0 Å². The minimum atomic E-state index is 0.555.